The number of ether oxygens (including phenoxy) is 1. The fourth-order valence-electron chi connectivity index (χ4n) is 3.80. The Bertz CT molecular complexity index is 156. The van der Waals surface area contributed by atoms with E-state index < -0.39 is 0 Å². The van der Waals surface area contributed by atoms with E-state index in [0.29, 0.717) is 11.5 Å². The molecular formula is C10H16O. The Morgan fingerprint density at radius 2 is 2.09 bits per heavy atom. The first-order chi connectivity index (χ1) is 5.42. The van der Waals surface area contributed by atoms with Crippen molar-refractivity contribution in [1.29, 1.82) is 0 Å². The molecule has 11 heavy (non-hydrogen) atoms. The molecule has 0 bridgehead atoms. The van der Waals surface area contributed by atoms with Crippen LogP contribution in [0.1, 0.15) is 38.5 Å². The van der Waals surface area contributed by atoms with E-state index in [1.807, 2.05) is 0 Å². The van der Waals surface area contributed by atoms with Crippen LogP contribution in [0.25, 0.3) is 0 Å². The van der Waals surface area contributed by atoms with Crippen molar-refractivity contribution in [3.05, 3.63) is 0 Å². The molecule has 1 saturated heterocycles. The zero-order chi connectivity index (χ0) is 7.31. The zero-order valence-corrected chi connectivity index (χ0v) is 7.01. The maximum absolute atomic E-state index is 5.78. The Balaban J connectivity index is 1.97. The molecule has 3 unspecified atom stereocenters. The predicted octanol–water partition coefficient (Wildman–Crippen LogP) is 2.36. The summed E-state index contributed by atoms with van der Waals surface area (Å²) in [7, 11) is 0. The van der Waals surface area contributed by atoms with E-state index in [4.69, 9.17) is 4.74 Å². The molecule has 2 saturated carbocycles. The molecule has 0 N–H and O–H groups in total. The minimum Gasteiger partial charge on any atom is -0.378 e. The molecule has 3 atom stereocenters. The molecule has 3 fully saturated rings. The second-order valence-electron chi connectivity index (χ2n) is 4.51. The molecule has 62 valence electrons. The molecular weight excluding hydrogens is 136 g/mol. The molecule has 0 amide bonds. The van der Waals surface area contributed by atoms with Gasteiger partial charge in [0.2, 0.25) is 0 Å². The van der Waals surface area contributed by atoms with Crippen LogP contribution in [-0.4, -0.2) is 12.7 Å². The highest BCUT2D eigenvalue weighted by Crippen LogP contribution is 2.59. The molecule has 2 aliphatic carbocycles. The van der Waals surface area contributed by atoms with Gasteiger partial charge in [-0.3, -0.25) is 0 Å². The van der Waals surface area contributed by atoms with Crippen LogP contribution in [0, 0.1) is 11.3 Å². The standard InChI is InChI=1S/C10H16O/c1-2-8-3-4-9-10(8,5-1)6-7-11-9/h8-9H,1-7H2. The van der Waals surface area contributed by atoms with E-state index in [1.165, 1.54) is 38.5 Å². The van der Waals surface area contributed by atoms with Crippen LogP contribution >= 0.6 is 0 Å². The molecule has 0 aromatic carbocycles. The minimum atomic E-state index is 0.676. The maximum Gasteiger partial charge on any atom is 0.0634 e. The quantitative estimate of drug-likeness (QED) is 0.517. The average Bonchev–Trinajstić information content (AvgIpc) is 2.55. The number of hydrogen-bond acceptors (Lipinski definition) is 1. The Morgan fingerprint density at radius 3 is 3.09 bits per heavy atom. The van der Waals surface area contributed by atoms with E-state index >= 15 is 0 Å². The zero-order valence-electron chi connectivity index (χ0n) is 7.01. The summed E-state index contributed by atoms with van der Waals surface area (Å²) < 4.78 is 5.78. The Labute approximate surface area is 68.1 Å². The lowest BCUT2D eigenvalue weighted by molar-refractivity contribution is 0.0644. The van der Waals surface area contributed by atoms with Crippen LogP contribution in [0.3, 0.4) is 0 Å². The summed E-state index contributed by atoms with van der Waals surface area (Å²) in [5, 5.41) is 0. The molecule has 1 nitrogen and oxygen atoms in total. The van der Waals surface area contributed by atoms with E-state index in [0.717, 1.165) is 12.5 Å². The van der Waals surface area contributed by atoms with Crippen molar-refractivity contribution in [2.24, 2.45) is 11.3 Å². The Hall–Kier alpha value is -0.0400. The summed E-state index contributed by atoms with van der Waals surface area (Å²) in [4.78, 5) is 0. The fraction of sp³-hybridized carbons (Fsp3) is 1.00. The van der Waals surface area contributed by atoms with Gasteiger partial charge in [-0.25, -0.2) is 0 Å². The lowest BCUT2D eigenvalue weighted by Crippen LogP contribution is -2.26. The summed E-state index contributed by atoms with van der Waals surface area (Å²) in [5.74, 6) is 1.05. The normalized spacial score (nSPS) is 54.5. The summed E-state index contributed by atoms with van der Waals surface area (Å²) in [5.41, 5.74) is 0.694. The summed E-state index contributed by atoms with van der Waals surface area (Å²) >= 11 is 0. The van der Waals surface area contributed by atoms with Crippen molar-refractivity contribution in [2.75, 3.05) is 6.61 Å². The molecule has 3 rings (SSSR count). The molecule has 1 heterocycles. The molecule has 1 aliphatic heterocycles. The van der Waals surface area contributed by atoms with Gasteiger partial charge in [0, 0.05) is 12.0 Å². The topological polar surface area (TPSA) is 9.23 Å². The van der Waals surface area contributed by atoms with E-state index in [2.05, 4.69) is 0 Å². The highest BCUT2D eigenvalue weighted by atomic mass is 16.5. The Kier molecular flexibility index (Phi) is 1.18. The van der Waals surface area contributed by atoms with E-state index in [-0.39, 0.29) is 0 Å². The average molecular weight is 152 g/mol. The van der Waals surface area contributed by atoms with Crippen LogP contribution in [0.15, 0.2) is 0 Å². The fourth-order valence-corrected chi connectivity index (χ4v) is 3.80. The monoisotopic (exact) mass is 152 g/mol. The third-order valence-electron chi connectivity index (χ3n) is 4.31. The van der Waals surface area contributed by atoms with Crippen molar-refractivity contribution in [3.8, 4) is 0 Å². The van der Waals surface area contributed by atoms with Gasteiger partial charge in [-0.2, -0.15) is 0 Å². The molecule has 0 aromatic heterocycles. The van der Waals surface area contributed by atoms with Crippen LogP contribution in [-0.2, 0) is 4.74 Å². The van der Waals surface area contributed by atoms with Crippen LogP contribution in [0.5, 0.6) is 0 Å². The van der Waals surface area contributed by atoms with Gasteiger partial charge >= 0.3 is 0 Å². The van der Waals surface area contributed by atoms with Gasteiger partial charge in [0.05, 0.1) is 6.10 Å². The van der Waals surface area contributed by atoms with E-state index in [9.17, 15) is 0 Å². The predicted molar refractivity (Wildman–Crippen MR) is 43.4 cm³/mol. The first kappa shape index (κ1) is 6.47. The molecule has 0 aromatic rings. The van der Waals surface area contributed by atoms with Gasteiger partial charge in [-0.1, -0.05) is 6.42 Å². The van der Waals surface area contributed by atoms with Crippen molar-refractivity contribution in [2.45, 2.75) is 44.6 Å². The second kappa shape index (κ2) is 2.01. The maximum atomic E-state index is 5.78. The third kappa shape index (κ3) is 0.658. The highest BCUT2D eigenvalue weighted by Gasteiger charge is 2.55. The van der Waals surface area contributed by atoms with Gasteiger partial charge in [-0.15, -0.1) is 0 Å². The highest BCUT2D eigenvalue weighted by molar-refractivity contribution is 5.04. The lowest BCUT2D eigenvalue weighted by atomic mass is 9.78. The summed E-state index contributed by atoms with van der Waals surface area (Å²) in [6.07, 6.45) is 9.33. The summed E-state index contributed by atoms with van der Waals surface area (Å²) in [6, 6.07) is 0. The lowest BCUT2D eigenvalue weighted by Gasteiger charge is -2.27. The largest absolute Gasteiger partial charge is 0.378 e. The van der Waals surface area contributed by atoms with Crippen LogP contribution in [0.2, 0.25) is 0 Å². The first-order valence-electron chi connectivity index (χ1n) is 5.03. The van der Waals surface area contributed by atoms with Gasteiger partial charge in [-0.05, 0) is 38.0 Å². The summed E-state index contributed by atoms with van der Waals surface area (Å²) in [6.45, 7) is 1.06. The molecule has 1 spiro atoms. The van der Waals surface area contributed by atoms with Gasteiger partial charge in [0.25, 0.3) is 0 Å². The SMILES string of the molecule is C1CC2CCC3OCCC23C1. The van der Waals surface area contributed by atoms with Crippen LogP contribution < -0.4 is 0 Å². The first-order valence-corrected chi connectivity index (χ1v) is 5.03. The van der Waals surface area contributed by atoms with Gasteiger partial charge in [0.15, 0.2) is 0 Å². The van der Waals surface area contributed by atoms with Crippen LogP contribution in [0.4, 0.5) is 0 Å². The molecule has 1 heteroatoms. The second-order valence-corrected chi connectivity index (χ2v) is 4.51. The van der Waals surface area contributed by atoms with Gasteiger partial charge in [0.1, 0.15) is 0 Å². The third-order valence-corrected chi connectivity index (χ3v) is 4.31. The van der Waals surface area contributed by atoms with Crippen molar-refractivity contribution in [3.63, 3.8) is 0 Å². The van der Waals surface area contributed by atoms with Crippen molar-refractivity contribution >= 4 is 0 Å². The molecule has 3 aliphatic rings. The smallest absolute Gasteiger partial charge is 0.0634 e. The van der Waals surface area contributed by atoms with Crippen molar-refractivity contribution in [1.82, 2.24) is 0 Å². The van der Waals surface area contributed by atoms with Gasteiger partial charge < -0.3 is 4.74 Å². The number of rotatable bonds is 0. The van der Waals surface area contributed by atoms with E-state index in [1.54, 1.807) is 0 Å². The minimum absolute atomic E-state index is 0.676. The Morgan fingerprint density at radius 1 is 1.09 bits per heavy atom. The number of hydrogen-bond donors (Lipinski definition) is 0. The van der Waals surface area contributed by atoms with Crippen molar-refractivity contribution < 1.29 is 4.74 Å². The molecule has 0 radical (unpaired) electrons.